The lowest BCUT2D eigenvalue weighted by Gasteiger charge is -2.19. The average molecular weight is 397 g/mol. The highest BCUT2D eigenvalue weighted by Crippen LogP contribution is 2.35. The summed E-state index contributed by atoms with van der Waals surface area (Å²) in [5, 5.41) is 3.95. The number of hydrogen-bond donors (Lipinski definition) is 1. The van der Waals surface area contributed by atoms with Crippen LogP contribution in [-0.2, 0) is 6.42 Å². The lowest BCUT2D eigenvalue weighted by molar-refractivity contribution is 0.102. The van der Waals surface area contributed by atoms with Crippen molar-refractivity contribution < 1.29 is 9.18 Å². The molecule has 30 heavy (non-hydrogen) atoms. The number of pyridine rings is 1. The van der Waals surface area contributed by atoms with Crippen molar-refractivity contribution in [3.63, 3.8) is 0 Å². The summed E-state index contributed by atoms with van der Waals surface area (Å²) in [6, 6.07) is 21.8. The minimum atomic E-state index is -0.334. The van der Waals surface area contributed by atoms with E-state index in [-0.39, 0.29) is 11.7 Å². The highest BCUT2D eigenvalue weighted by Gasteiger charge is 2.23. The number of fused-ring (bicyclic) bond motifs is 2. The fourth-order valence-electron chi connectivity index (χ4n) is 3.85. The Morgan fingerprint density at radius 2 is 1.77 bits per heavy atom. The summed E-state index contributed by atoms with van der Waals surface area (Å²) in [5.41, 5.74) is 5.54. The largest absolute Gasteiger partial charge is 0.326 e. The summed E-state index contributed by atoms with van der Waals surface area (Å²) in [5.74, 6) is 0.422. The smallest absolute Gasteiger partial charge is 0.255 e. The monoisotopic (exact) mass is 397 g/mol. The van der Waals surface area contributed by atoms with Crippen LogP contribution in [0.25, 0.3) is 10.9 Å². The molecule has 0 bridgehead atoms. The maximum Gasteiger partial charge on any atom is 0.255 e. The van der Waals surface area contributed by atoms with E-state index < -0.39 is 0 Å². The molecule has 0 unspecified atom stereocenters. The van der Waals surface area contributed by atoms with E-state index in [4.69, 9.17) is 4.98 Å². The first-order valence-electron chi connectivity index (χ1n) is 9.92. The van der Waals surface area contributed by atoms with E-state index in [2.05, 4.69) is 41.4 Å². The zero-order valence-electron chi connectivity index (χ0n) is 16.5. The lowest BCUT2D eigenvalue weighted by Crippen LogP contribution is -2.15. The minimum Gasteiger partial charge on any atom is -0.326 e. The molecule has 5 rings (SSSR count). The molecule has 1 N–H and O–H groups in total. The number of aromatic nitrogens is 1. The molecule has 0 fully saturated rings. The molecule has 0 saturated heterocycles. The Kier molecular flexibility index (Phi) is 4.43. The average Bonchev–Trinajstić information content (AvgIpc) is 3.16. The topological polar surface area (TPSA) is 45.2 Å². The van der Waals surface area contributed by atoms with Crippen LogP contribution in [0.1, 0.15) is 21.5 Å². The van der Waals surface area contributed by atoms with Crippen LogP contribution in [0.15, 0.2) is 72.8 Å². The maximum absolute atomic E-state index is 13.0. The maximum atomic E-state index is 13.0. The lowest BCUT2D eigenvalue weighted by atomic mass is 10.1. The van der Waals surface area contributed by atoms with Crippen molar-refractivity contribution in [3.8, 4) is 0 Å². The van der Waals surface area contributed by atoms with Gasteiger partial charge in [-0.25, -0.2) is 9.37 Å². The van der Waals surface area contributed by atoms with E-state index in [0.717, 1.165) is 35.4 Å². The van der Waals surface area contributed by atoms with E-state index in [1.807, 2.05) is 12.1 Å². The molecule has 0 spiro atoms. The van der Waals surface area contributed by atoms with Gasteiger partial charge in [-0.15, -0.1) is 0 Å². The predicted octanol–water partition coefficient (Wildman–Crippen LogP) is 5.63. The van der Waals surface area contributed by atoms with Crippen molar-refractivity contribution in [3.05, 3.63) is 95.3 Å². The number of amides is 1. The van der Waals surface area contributed by atoms with Crippen LogP contribution in [-0.4, -0.2) is 17.4 Å². The first-order chi connectivity index (χ1) is 14.6. The Balaban J connectivity index is 1.39. The van der Waals surface area contributed by atoms with Gasteiger partial charge in [-0.2, -0.15) is 0 Å². The molecule has 1 aliphatic rings. The van der Waals surface area contributed by atoms with Gasteiger partial charge in [0, 0.05) is 28.9 Å². The first kappa shape index (κ1) is 18.3. The number of carbonyl (C=O) groups excluding carboxylic acids is 1. The number of rotatable bonds is 3. The molecule has 3 aromatic carbocycles. The fraction of sp³-hybridized carbons (Fsp3) is 0.120. The molecule has 0 radical (unpaired) electrons. The number of benzene rings is 3. The summed E-state index contributed by atoms with van der Waals surface area (Å²) in [6.45, 7) is 2.93. The molecule has 1 aliphatic heterocycles. The number of hydrogen-bond acceptors (Lipinski definition) is 3. The molecule has 0 aliphatic carbocycles. The summed E-state index contributed by atoms with van der Waals surface area (Å²) in [6.07, 6.45) is 0.943. The SMILES string of the molecule is Cc1ccc2cc3c(nc2c1)N(c1ccc(C(=O)Nc2ccc(F)cc2)cc1)CC3. The van der Waals surface area contributed by atoms with E-state index in [1.54, 1.807) is 24.3 Å². The fourth-order valence-corrected chi connectivity index (χ4v) is 3.85. The molecule has 4 nitrogen and oxygen atoms in total. The summed E-state index contributed by atoms with van der Waals surface area (Å²) in [7, 11) is 0. The third kappa shape index (κ3) is 3.39. The van der Waals surface area contributed by atoms with Gasteiger partial charge in [-0.3, -0.25) is 4.79 Å². The van der Waals surface area contributed by atoms with Gasteiger partial charge >= 0.3 is 0 Å². The Hall–Kier alpha value is -3.73. The van der Waals surface area contributed by atoms with Crippen molar-refractivity contribution in [1.82, 2.24) is 4.98 Å². The third-order valence-electron chi connectivity index (χ3n) is 5.43. The van der Waals surface area contributed by atoms with Gasteiger partial charge in [0.2, 0.25) is 0 Å². The van der Waals surface area contributed by atoms with Gasteiger partial charge in [0.1, 0.15) is 11.6 Å². The van der Waals surface area contributed by atoms with Gasteiger partial charge in [-0.1, -0.05) is 12.1 Å². The Morgan fingerprint density at radius 3 is 2.53 bits per heavy atom. The quantitative estimate of drug-likeness (QED) is 0.487. The second kappa shape index (κ2) is 7.26. The zero-order chi connectivity index (χ0) is 20.7. The molecular formula is C25H20FN3O. The number of nitrogens with zero attached hydrogens (tertiary/aromatic N) is 2. The third-order valence-corrected chi connectivity index (χ3v) is 5.43. The van der Waals surface area contributed by atoms with Gasteiger partial charge in [0.15, 0.2) is 0 Å². The molecule has 2 heterocycles. The first-order valence-corrected chi connectivity index (χ1v) is 9.92. The van der Waals surface area contributed by atoms with Crippen molar-refractivity contribution in [2.75, 3.05) is 16.8 Å². The molecule has 0 atom stereocenters. The normalized spacial score (nSPS) is 12.8. The van der Waals surface area contributed by atoms with Crippen molar-refractivity contribution >= 4 is 34.0 Å². The highest BCUT2D eigenvalue weighted by molar-refractivity contribution is 6.04. The number of halogens is 1. The number of anilines is 3. The Labute approximate surface area is 174 Å². The molecule has 4 aromatic rings. The van der Waals surface area contributed by atoms with Gasteiger partial charge in [0.25, 0.3) is 5.91 Å². The summed E-state index contributed by atoms with van der Waals surface area (Å²) in [4.78, 5) is 19.6. The number of aryl methyl sites for hydroxylation is 1. The number of carbonyl (C=O) groups is 1. The van der Waals surface area contributed by atoms with Crippen LogP contribution in [0.5, 0.6) is 0 Å². The molecule has 1 amide bonds. The number of nitrogens with one attached hydrogen (secondary N) is 1. The van der Waals surface area contributed by atoms with Crippen molar-refractivity contribution in [1.29, 1.82) is 0 Å². The van der Waals surface area contributed by atoms with Crippen LogP contribution < -0.4 is 10.2 Å². The molecule has 5 heteroatoms. The van der Waals surface area contributed by atoms with E-state index in [9.17, 15) is 9.18 Å². The van der Waals surface area contributed by atoms with Crippen LogP contribution in [0.4, 0.5) is 21.6 Å². The standard InChI is InChI=1S/C25H20FN3O/c1-16-2-3-18-15-19-12-13-29(24(19)28-23(18)14-16)22-10-4-17(5-11-22)25(30)27-21-8-6-20(26)7-9-21/h2-11,14-15H,12-13H2,1H3,(H,27,30). The van der Waals surface area contributed by atoms with Crippen LogP contribution >= 0.6 is 0 Å². The van der Waals surface area contributed by atoms with Crippen LogP contribution in [0.3, 0.4) is 0 Å². The zero-order valence-corrected chi connectivity index (χ0v) is 16.5. The van der Waals surface area contributed by atoms with Crippen LogP contribution in [0, 0.1) is 12.7 Å². The van der Waals surface area contributed by atoms with E-state index in [0.29, 0.717) is 11.3 Å². The second-order valence-electron chi connectivity index (χ2n) is 7.58. The van der Waals surface area contributed by atoms with Crippen LogP contribution in [0.2, 0.25) is 0 Å². The Morgan fingerprint density at radius 1 is 1.00 bits per heavy atom. The molecule has 148 valence electrons. The van der Waals surface area contributed by atoms with E-state index in [1.165, 1.54) is 23.3 Å². The second-order valence-corrected chi connectivity index (χ2v) is 7.58. The van der Waals surface area contributed by atoms with Gasteiger partial charge < -0.3 is 10.2 Å². The van der Waals surface area contributed by atoms with Gasteiger partial charge in [-0.05, 0) is 85.1 Å². The molecule has 0 saturated carbocycles. The Bertz CT molecular complexity index is 1250. The molecular weight excluding hydrogens is 377 g/mol. The van der Waals surface area contributed by atoms with Crippen molar-refractivity contribution in [2.45, 2.75) is 13.3 Å². The minimum absolute atomic E-state index is 0.227. The van der Waals surface area contributed by atoms with Crippen molar-refractivity contribution in [2.24, 2.45) is 0 Å². The van der Waals surface area contributed by atoms with Gasteiger partial charge in [0.05, 0.1) is 5.52 Å². The predicted molar refractivity (Wildman–Crippen MR) is 118 cm³/mol. The highest BCUT2D eigenvalue weighted by atomic mass is 19.1. The van der Waals surface area contributed by atoms with E-state index >= 15 is 0 Å². The summed E-state index contributed by atoms with van der Waals surface area (Å²) >= 11 is 0. The molecule has 1 aromatic heterocycles. The summed E-state index contributed by atoms with van der Waals surface area (Å²) < 4.78 is 13.0.